The SMILES string of the molecule is CNCc1cc(P)ccc1O. The van der Waals surface area contributed by atoms with E-state index in [1.165, 1.54) is 0 Å². The van der Waals surface area contributed by atoms with Gasteiger partial charge in [0.25, 0.3) is 0 Å². The van der Waals surface area contributed by atoms with Gasteiger partial charge in [-0.2, -0.15) is 0 Å². The van der Waals surface area contributed by atoms with Gasteiger partial charge in [0.2, 0.25) is 0 Å². The summed E-state index contributed by atoms with van der Waals surface area (Å²) in [5.74, 6) is 0.352. The van der Waals surface area contributed by atoms with E-state index in [9.17, 15) is 5.11 Å². The van der Waals surface area contributed by atoms with Crippen LogP contribution in [0.15, 0.2) is 18.2 Å². The Kier molecular flexibility index (Phi) is 2.86. The number of hydrogen-bond donors (Lipinski definition) is 2. The van der Waals surface area contributed by atoms with Crippen molar-refractivity contribution in [1.82, 2.24) is 5.32 Å². The summed E-state index contributed by atoms with van der Waals surface area (Å²) < 4.78 is 0. The average molecular weight is 169 g/mol. The van der Waals surface area contributed by atoms with Crippen molar-refractivity contribution in [2.75, 3.05) is 7.05 Å². The van der Waals surface area contributed by atoms with E-state index in [4.69, 9.17) is 0 Å². The molecule has 0 aliphatic carbocycles. The lowest BCUT2D eigenvalue weighted by Crippen LogP contribution is -2.06. The van der Waals surface area contributed by atoms with Gasteiger partial charge in [0.15, 0.2) is 0 Å². The van der Waals surface area contributed by atoms with Crippen LogP contribution in [0.3, 0.4) is 0 Å². The summed E-state index contributed by atoms with van der Waals surface area (Å²) in [5.41, 5.74) is 0.931. The number of phenols is 1. The van der Waals surface area contributed by atoms with Crippen molar-refractivity contribution in [3.63, 3.8) is 0 Å². The summed E-state index contributed by atoms with van der Waals surface area (Å²) in [6.07, 6.45) is 0. The molecule has 2 nitrogen and oxygen atoms in total. The van der Waals surface area contributed by atoms with Gasteiger partial charge < -0.3 is 10.4 Å². The van der Waals surface area contributed by atoms with Crippen molar-refractivity contribution in [2.24, 2.45) is 0 Å². The number of nitrogens with one attached hydrogen (secondary N) is 1. The van der Waals surface area contributed by atoms with Crippen LogP contribution in [0.25, 0.3) is 0 Å². The summed E-state index contributed by atoms with van der Waals surface area (Å²) in [4.78, 5) is 0. The zero-order valence-electron chi connectivity index (χ0n) is 6.46. The Morgan fingerprint density at radius 3 is 2.91 bits per heavy atom. The highest BCUT2D eigenvalue weighted by Gasteiger charge is 1.98. The molecule has 0 radical (unpaired) electrons. The van der Waals surface area contributed by atoms with Gasteiger partial charge in [-0.1, -0.05) is 6.07 Å². The van der Waals surface area contributed by atoms with Crippen molar-refractivity contribution in [2.45, 2.75) is 6.54 Å². The Morgan fingerprint density at radius 2 is 2.27 bits per heavy atom. The Hall–Kier alpha value is -0.590. The maximum Gasteiger partial charge on any atom is 0.120 e. The van der Waals surface area contributed by atoms with Crippen molar-refractivity contribution in [3.05, 3.63) is 23.8 Å². The number of phenolic OH excluding ortho intramolecular Hbond substituents is 1. The van der Waals surface area contributed by atoms with E-state index >= 15 is 0 Å². The largest absolute Gasteiger partial charge is 0.508 e. The monoisotopic (exact) mass is 169 g/mol. The molecule has 1 aromatic carbocycles. The van der Waals surface area contributed by atoms with Crippen LogP contribution in [0.2, 0.25) is 0 Å². The van der Waals surface area contributed by atoms with E-state index in [-0.39, 0.29) is 0 Å². The van der Waals surface area contributed by atoms with Gasteiger partial charge in [-0.15, -0.1) is 9.24 Å². The maximum atomic E-state index is 9.32. The van der Waals surface area contributed by atoms with Gasteiger partial charge in [-0.25, -0.2) is 0 Å². The minimum atomic E-state index is 0.352. The summed E-state index contributed by atoms with van der Waals surface area (Å²) in [6.45, 7) is 0.702. The van der Waals surface area contributed by atoms with Crippen LogP contribution in [-0.4, -0.2) is 12.2 Å². The molecule has 1 unspecified atom stereocenters. The predicted octanol–water partition coefficient (Wildman–Crippen LogP) is 0.612. The summed E-state index contributed by atoms with van der Waals surface area (Å²) in [5, 5.41) is 13.4. The molecule has 0 aliphatic heterocycles. The summed E-state index contributed by atoms with van der Waals surface area (Å²) in [6, 6.07) is 5.50. The topological polar surface area (TPSA) is 32.3 Å². The lowest BCUT2D eigenvalue weighted by atomic mass is 10.2. The van der Waals surface area contributed by atoms with E-state index < -0.39 is 0 Å². The molecule has 0 aliphatic rings. The van der Waals surface area contributed by atoms with E-state index in [0.29, 0.717) is 12.3 Å². The van der Waals surface area contributed by atoms with Gasteiger partial charge in [-0.05, 0) is 24.5 Å². The first kappa shape index (κ1) is 8.51. The minimum absolute atomic E-state index is 0.352. The quantitative estimate of drug-likeness (QED) is 0.636. The van der Waals surface area contributed by atoms with Crippen molar-refractivity contribution < 1.29 is 5.11 Å². The second kappa shape index (κ2) is 3.70. The van der Waals surface area contributed by atoms with Crippen LogP contribution in [0, 0.1) is 0 Å². The number of hydrogen-bond acceptors (Lipinski definition) is 2. The fourth-order valence-corrected chi connectivity index (χ4v) is 1.23. The lowest BCUT2D eigenvalue weighted by Gasteiger charge is -2.03. The minimum Gasteiger partial charge on any atom is -0.508 e. The highest BCUT2D eigenvalue weighted by molar-refractivity contribution is 7.27. The van der Waals surface area contributed by atoms with E-state index in [0.717, 1.165) is 10.9 Å². The van der Waals surface area contributed by atoms with Crippen LogP contribution >= 0.6 is 9.24 Å². The van der Waals surface area contributed by atoms with Gasteiger partial charge >= 0.3 is 0 Å². The number of rotatable bonds is 2. The third-order valence-electron chi connectivity index (χ3n) is 1.47. The zero-order chi connectivity index (χ0) is 8.27. The maximum absolute atomic E-state index is 9.32. The number of aromatic hydroxyl groups is 1. The molecule has 0 spiro atoms. The second-order valence-corrected chi connectivity index (χ2v) is 3.09. The lowest BCUT2D eigenvalue weighted by molar-refractivity contribution is 0.466. The van der Waals surface area contributed by atoms with Crippen LogP contribution in [0.1, 0.15) is 5.56 Å². The second-order valence-electron chi connectivity index (χ2n) is 2.42. The molecule has 0 saturated heterocycles. The van der Waals surface area contributed by atoms with E-state index in [1.54, 1.807) is 6.07 Å². The molecule has 60 valence electrons. The Bertz CT molecular complexity index is 250. The van der Waals surface area contributed by atoms with Crippen LogP contribution in [0.5, 0.6) is 5.75 Å². The Labute approximate surface area is 68.8 Å². The molecular weight excluding hydrogens is 157 g/mol. The van der Waals surface area contributed by atoms with Gasteiger partial charge in [0.05, 0.1) is 0 Å². The van der Waals surface area contributed by atoms with Crippen molar-refractivity contribution in [3.8, 4) is 5.75 Å². The molecule has 11 heavy (non-hydrogen) atoms. The molecular formula is C8H12NOP. The van der Waals surface area contributed by atoms with Crippen LogP contribution in [-0.2, 0) is 6.54 Å². The van der Waals surface area contributed by atoms with Gasteiger partial charge in [0.1, 0.15) is 5.75 Å². The van der Waals surface area contributed by atoms with Crippen molar-refractivity contribution >= 4 is 14.5 Å². The molecule has 1 rings (SSSR count). The predicted molar refractivity (Wildman–Crippen MR) is 50.2 cm³/mol. The average Bonchev–Trinajstić information content (AvgIpc) is 1.98. The first-order chi connectivity index (χ1) is 5.24. The van der Waals surface area contributed by atoms with E-state index in [2.05, 4.69) is 14.6 Å². The van der Waals surface area contributed by atoms with Crippen LogP contribution in [0.4, 0.5) is 0 Å². The standard InChI is InChI=1S/C8H12NOP/c1-9-5-6-4-7(11)2-3-8(6)10/h2-4,9-10H,5,11H2,1H3. The third-order valence-corrected chi connectivity index (χ3v) is 1.83. The van der Waals surface area contributed by atoms with Crippen molar-refractivity contribution in [1.29, 1.82) is 0 Å². The number of benzene rings is 1. The molecule has 1 aromatic rings. The van der Waals surface area contributed by atoms with Gasteiger partial charge in [0, 0.05) is 12.1 Å². The fraction of sp³-hybridized carbons (Fsp3) is 0.250. The molecule has 0 saturated carbocycles. The smallest absolute Gasteiger partial charge is 0.120 e. The molecule has 0 heterocycles. The molecule has 0 aromatic heterocycles. The molecule has 1 atom stereocenters. The zero-order valence-corrected chi connectivity index (χ0v) is 7.62. The Morgan fingerprint density at radius 1 is 1.55 bits per heavy atom. The molecule has 0 bridgehead atoms. The molecule has 0 amide bonds. The highest BCUT2D eigenvalue weighted by atomic mass is 31.0. The molecule has 0 fully saturated rings. The normalized spacial score (nSPS) is 10.0. The highest BCUT2D eigenvalue weighted by Crippen LogP contribution is 2.14. The fourth-order valence-electron chi connectivity index (χ4n) is 0.937. The first-order valence-corrected chi connectivity index (χ1v) is 4.03. The third kappa shape index (κ3) is 2.18. The summed E-state index contributed by atoms with van der Waals surface area (Å²) >= 11 is 0. The summed E-state index contributed by atoms with van der Waals surface area (Å²) in [7, 11) is 4.45. The van der Waals surface area contributed by atoms with Crippen LogP contribution < -0.4 is 10.6 Å². The molecule has 2 N–H and O–H groups in total. The first-order valence-electron chi connectivity index (χ1n) is 3.46. The molecule has 3 heteroatoms. The Balaban J connectivity index is 2.93. The van der Waals surface area contributed by atoms with Gasteiger partial charge in [-0.3, -0.25) is 0 Å². The van der Waals surface area contributed by atoms with E-state index in [1.807, 2.05) is 19.2 Å².